The number of rotatable bonds is 2. The smallest absolute Gasteiger partial charge is 0.228 e. The van der Waals surface area contributed by atoms with Gasteiger partial charge in [-0.05, 0) is 42.8 Å². The Hall–Kier alpha value is -2.69. The molecule has 0 fully saturated rings. The lowest BCUT2D eigenvalue weighted by Crippen LogP contribution is -2.04. The van der Waals surface area contributed by atoms with Crippen LogP contribution in [-0.2, 0) is 11.2 Å². The third-order valence-corrected chi connectivity index (χ3v) is 4.16. The van der Waals surface area contributed by atoms with E-state index in [0.717, 1.165) is 39.6 Å². The fraction of sp³-hybridized carbons (Fsp3) is 0.278. The maximum Gasteiger partial charge on any atom is 0.228 e. The Bertz CT molecular complexity index is 940. The molecule has 1 amide bonds. The molecule has 0 saturated heterocycles. The molecule has 0 bridgehead atoms. The summed E-state index contributed by atoms with van der Waals surface area (Å²) in [6.07, 6.45) is 0.430. The molecule has 1 aromatic carbocycles. The van der Waals surface area contributed by atoms with Gasteiger partial charge in [-0.2, -0.15) is 0 Å². The first-order valence-electron chi connectivity index (χ1n) is 7.82. The first kappa shape index (κ1) is 13.9. The zero-order valence-corrected chi connectivity index (χ0v) is 13.4. The van der Waals surface area contributed by atoms with Crippen LogP contribution in [0.5, 0.6) is 0 Å². The van der Waals surface area contributed by atoms with Gasteiger partial charge >= 0.3 is 0 Å². The van der Waals surface area contributed by atoms with E-state index < -0.39 is 0 Å². The molecular weight excluding hydrogens is 288 g/mol. The van der Waals surface area contributed by atoms with Crippen LogP contribution in [0.3, 0.4) is 0 Å². The highest BCUT2D eigenvalue weighted by atomic mass is 16.1. The number of fused-ring (bicyclic) bond motifs is 2. The van der Waals surface area contributed by atoms with Crippen molar-refractivity contribution in [2.75, 3.05) is 5.32 Å². The van der Waals surface area contributed by atoms with Crippen LogP contribution < -0.4 is 5.32 Å². The highest BCUT2D eigenvalue weighted by Crippen LogP contribution is 2.30. The fourth-order valence-corrected chi connectivity index (χ4v) is 3.07. The summed E-state index contributed by atoms with van der Waals surface area (Å²) in [7, 11) is 0. The highest BCUT2D eigenvalue weighted by molar-refractivity contribution is 5.99. The molecule has 0 spiro atoms. The van der Waals surface area contributed by atoms with Crippen molar-refractivity contribution in [2.24, 2.45) is 0 Å². The topological polar surface area (TPSA) is 59.8 Å². The molecule has 5 heteroatoms. The summed E-state index contributed by atoms with van der Waals surface area (Å²) >= 11 is 0. The van der Waals surface area contributed by atoms with Crippen LogP contribution in [0.1, 0.15) is 36.8 Å². The van der Waals surface area contributed by atoms with Gasteiger partial charge in [0, 0.05) is 23.0 Å². The van der Waals surface area contributed by atoms with E-state index in [4.69, 9.17) is 4.98 Å². The van der Waals surface area contributed by atoms with Crippen LogP contribution in [0.25, 0.3) is 16.9 Å². The lowest BCUT2D eigenvalue weighted by atomic mass is 10.1. The van der Waals surface area contributed by atoms with Crippen molar-refractivity contribution in [2.45, 2.75) is 33.1 Å². The molecule has 2 aromatic heterocycles. The van der Waals surface area contributed by atoms with E-state index in [1.54, 1.807) is 0 Å². The summed E-state index contributed by atoms with van der Waals surface area (Å²) in [5.74, 6) is 1.30. The van der Waals surface area contributed by atoms with Gasteiger partial charge in [0.1, 0.15) is 11.3 Å². The van der Waals surface area contributed by atoms with Crippen molar-refractivity contribution in [3.8, 4) is 5.69 Å². The molecule has 1 N–H and O–H groups in total. The predicted molar refractivity (Wildman–Crippen MR) is 90.0 cm³/mol. The SMILES string of the molecule is Cc1ccc2nc(C(C)C)n(-c3ccc4c(c3)CC(=O)N4)c2n1. The van der Waals surface area contributed by atoms with E-state index in [-0.39, 0.29) is 11.8 Å². The molecule has 3 heterocycles. The normalized spacial score (nSPS) is 13.7. The van der Waals surface area contributed by atoms with Crippen molar-refractivity contribution in [1.82, 2.24) is 14.5 Å². The summed E-state index contributed by atoms with van der Waals surface area (Å²) in [4.78, 5) is 21.0. The average molecular weight is 306 g/mol. The standard InChI is InChI=1S/C18H18N4O/c1-10(2)17-21-15-6-4-11(3)19-18(15)22(17)13-5-7-14-12(8-13)9-16(23)20-14/h4-8,10H,9H2,1-3H3,(H,20,23). The Kier molecular flexibility index (Phi) is 2.98. The van der Waals surface area contributed by atoms with Crippen LogP contribution in [0.4, 0.5) is 5.69 Å². The molecule has 0 atom stereocenters. The third kappa shape index (κ3) is 2.20. The molecule has 1 aliphatic rings. The number of imidazole rings is 1. The van der Waals surface area contributed by atoms with Gasteiger partial charge in [0.15, 0.2) is 5.65 Å². The van der Waals surface area contributed by atoms with E-state index >= 15 is 0 Å². The molecular formula is C18H18N4O. The van der Waals surface area contributed by atoms with Crippen LogP contribution in [0.15, 0.2) is 30.3 Å². The van der Waals surface area contributed by atoms with Crippen molar-refractivity contribution in [1.29, 1.82) is 0 Å². The Morgan fingerprint density at radius 1 is 1.17 bits per heavy atom. The molecule has 0 saturated carbocycles. The second-order valence-electron chi connectivity index (χ2n) is 6.32. The number of pyridine rings is 1. The summed E-state index contributed by atoms with van der Waals surface area (Å²) in [6.45, 7) is 6.24. The van der Waals surface area contributed by atoms with Gasteiger partial charge in [-0.1, -0.05) is 13.8 Å². The maximum absolute atomic E-state index is 11.6. The molecule has 0 radical (unpaired) electrons. The second kappa shape index (κ2) is 4.91. The molecule has 0 aliphatic carbocycles. The van der Waals surface area contributed by atoms with E-state index in [1.165, 1.54) is 0 Å². The number of aromatic nitrogens is 3. The van der Waals surface area contributed by atoms with Crippen molar-refractivity contribution in [3.05, 3.63) is 47.4 Å². The van der Waals surface area contributed by atoms with Gasteiger partial charge < -0.3 is 5.32 Å². The Labute approximate surface area is 134 Å². The Balaban J connectivity index is 1.97. The minimum Gasteiger partial charge on any atom is -0.326 e. The van der Waals surface area contributed by atoms with Crippen LogP contribution in [-0.4, -0.2) is 20.4 Å². The zero-order chi connectivity index (χ0) is 16.1. The van der Waals surface area contributed by atoms with Gasteiger partial charge in [0.25, 0.3) is 0 Å². The zero-order valence-electron chi connectivity index (χ0n) is 13.4. The number of amides is 1. The van der Waals surface area contributed by atoms with Crippen LogP contribution in [0.2, 0.25) is 0 Å². The Morgan fingerprint density at radius 2 is 2.00 bits per heavy atom. The van der Waals surface area contributed by atoms with Crippen LogP contribution >= 0.6 is 0 Å². The minimum atomic E-state index is 0.0469. The molecule has 23 heavy (non-hydrogen) atoms. The largest absolute Gasteiger partial charge is 0.326 e. The summed E-state index contributed by atoms with van der Waals surface area (Å²) < 4.78 is 2.11. The number of carbonyl (C=O) groups excluding carboxylic acids is 1. The van der Waals surface area contributed by atoms with Gasteiger partial charge in [-0.15, -0.1) is 0 Å². The number of hydrogen-bond donors (Lipinski definition) is 1. The average Bonchev–Trinajstić information content (AvgIpc) is 3.05. The second-order valence-corrected chi connectivity index (χ2v) is 6.32. The van der Waals surface area contributed by atoms with E-state index in [0.29, 0.717) is 6.42 Å². The first-order chi connectivity index (χ1) is 11.0. The number of benzene rings is 1. The van der Waals surface area contributed by atoms with Crippen molar-refractivity contribution >= 4 is 22.8 Å². The summed E-state index contributed by atoms with van der Waals surface area (Å²) in [5, 5.41) is 2.87. The number of hydrogen-bond acceptors (Lipinski definition) is 3. The lowest BCUT2D eigenvalue weighted by Gasteiger charge is -2.12. The molecule has 5 nitrogen and oxygen atoms in total. The fourth-order valence-electron chi connectivity index (χ4n) is 3.07. The van der Waals surface area contributed by atoms with Gasteiger partial charge in [0.05, 0.1) is 6.42 Å². The third-order valence-electron chi connectivity index (χ3n) is 4.16. The molecule has 1 aliphatic heterocycles. The number of nitrogens with zero attached hydrogens (tertiary/aromatic N) is 3. The molecule has 0 unspecified atom stereocenters. The van der Waals surface area contributed by atoms with Crippen LogP contribution in [0, 0.1) is 6.92 Å². The highest BCUT2D eigenvalue weighted by Gasteiger charge is 2.21. The Morgan fingerprint density at radius 3 is 2.78 bits per heavy atom. The molecule has 3 aromatic rings. The molecule has 4 rings (SSSR count). The number of nitrogens with one attached hydrogen (secondary N) is 1. The number of carbonyl (C=O) groups is 1. The maximum atomic E-state index is 11.6. The number of anilines is 1. The molecule has 116 valence electrons. The minimum absolute atomic E-state index is 0.0469. The van der Waals surface area contributed by atoms with Gasteiger partial charge in [-0.25, -0.2) is 9.97 Å². The first-order valence-corrected chi connectivity index (χ1v) is 7.82. The summed E-state index contributed by atoms with van der Waals surface area (Å²) in [6, 6.07) is 10.0. The van der Waals surface area contributed by atoms with E-state index in [2.05, 4.69) is 34.8 Å². The van der Waals surface area contributed by atoms with E-state index in [1.807, 2.05) is 31.2 Å². The van der Waals surface area contributed by atoms with Crippen molar-refractivity contribution in [3.63, 3.8) is 0 Å². The monoisotopic (exact) mass is 306 g/mol. The quantitative estimate of drug-likeness (QED) is 0.790. The van der Waals surface area contributed by atoms with Gasteiger partial charge in [-0.3, -0.25) is 9.36 Å². The summed E-state index contributed by atoms with van der Waals surface area (Å²) in [5.41, 5.74) is 5.66. The number of aryl methyl sites for hydroxylation is 1. The van der Waals surface area contributed by atoms with E-state index in [9.17, 15) is 4.79 Å². The predicted octanol–water partition coefficient (Wildman–Crippen LogP) is 3.35. The van der Waals surface area contributed by atoms with Gasteiger partial charge in [0.2, 0.25) is 5.91 Å². The van der Waals surface area contributed by atoms with Crippen molar-refractivity contribution < 1.29 is 4.79 Å². The lowest BCUT2D eigenvalue weighted by molar-refractivity contribution is -0.115.